The zero-order valence-corrected chi connectivity index (χ0v) is 19.7. The lowest BCUT2D eigenvalue weighted by Crippen LogP contribution is -2.23. The highest BCUT2D eigenvalue weighted by atomic mass is 35.5. The fourth-order valence-electron chi connectivity index (χ4n) is 5.84. The summed E-state index contributed by atoms with van der Waals surface area (Å²) in [6.45, 7) is 4.35. The third-order valence-corrected chi connectivity index (χ3v) is 7.71. The molecule has 0 amide bonds. The number of halogens is 1. The van der Waals surface area contributed by atoms with E-state index in [9.17, 15) is 0 Å². The maximum absolute atomic E-state index is 6.47. The topological polar surface area (TPSA) is 13.1 Å². The van der Waals surface area contributed by atoms with Gasteiger partial charge in [-0.05, 0) is 45.5 Å². The van der Waals surface area contributed by atoms with Gasteiger partial charge in [0.25, 0.3) is 0 Å². The average molecular weight is 469 g/mol. The molecule has 0 fully saturated rings. The lowest BCUT2D eigenvalue weighted by atomic mass is 9.72. The van der Waals surface area contributed by atoms with Gasteiger partial charge in [0.1, 0.15) is 5.58 Å². The second-order valence-corrected chi connectivity index (χ2v) is 9.49. The number of furan rings is 1. The highest BCUT2D eigenvalue weighted by Gasteiger charge is 2.42. The van der Waals surface area contributed by atoms with Gasteiger partial charge < -0.3 is 4.42 Å². The summed E-state index contributed by atoms with van der Waals surface area (Å²) in [6.07, 6.45) is 2.10. The van der Waals surface area contributed by atoms with Crippen LogP contribution in [0, 0.1) is 0 Å². The number of hydrogen-bond donors (Lipinski definition) is 0. The van der Waals surface area contributed by atoms with Gasteiger partial charge in [-0.15, -0.1) is 6.58 Å². The van der Waals surface area contributed by atoms with Crippen LogP contribution in [0.15, 0.2) is 126 Å². The van der Waals surface area contributed by atoms with Crippen LogP contribution in [0.4, 0.5) is 0 Å². The van der Waals surface area contributed by atoms with Gasteiger partial charge >= 0.3 is 0 Å². The molecule has 5 aromatic carbocycles. The molecule has 1 aliphatic carbocycles. The third-order valence-electron chi connectivity index (χ3n) is 7.41. The molecule has 6 aromatic rings. The SMILES string of the molecule is C=CC1(c2ccccc2)c2ccccc2-c2ccc(-c3cccc4c3oc3c(Cl)cccc34)cc21. The van der Waals surface area contributed by atoms with Crippen molar-refractivity contribution < 1.29 is 4.42 Å². The summed E-state index contributed by atoms with van der Waals surface area (Å²) in [7, 11) is 0. The van der Waals surface area contributed by atoms with E-state index in [1.54, 1.807) is 0 Å². The van der Waals surface area contributed by atoms with E-state index in [2.05, 4.69) is 110 Å². The first-order valence-electron chi connectivity index (χ1n) is 11.8. The second kappa shape index (κ2) is 7.46. The van der Waals surface area contributed by atoms with Crippen molar-refractivity contribution in [3.63, 3.8) is 0 Å². The Labute approximate surface area is 208 Å². The molecule has 1 aromatic heterocycles. The molecule has 0 saturated carbocycles. The van der Waals surface area contributed by atoms with Crippen molar-refractivity contribution in [2.45, 2.75) is 5.41 Å². The maximum atomic E-state index is 6.47. The number of fused-ring (bicyclic) bond motifs is 6. The molecule has 1 nitrogen and oxygen atoms in total. The van der Waals surface area contributed by atoms with Crippen LogP contribution < -0.4 is 0 Å². The number of rotatable bonds is 3. The minimum atomic E-state index is -0.422. The van der Waals surface area contributed by atoms with Gasteiger partial charge in [0.15, 0.2) is 5.58 Å². The first-order valence-corrected chi connectivity index (χ1v) is 12.1. The van der Waals surface area contributed by atoms with Crippen LogP contribution in [0.1, 0.15) is 16.7 Å². The summed E-state index contributed by atoms with van der Waals surface area (Å²) in [5, 5.41) is 2.73. The summed E-state index contributed by atoms with van der Waals surface area (Å²) in [5.41, 5.74) is 9.55. The number of allylic oxidation sites excluding steroid dienone is 1. The Morgan fingerprint density at radius 3 is 2.14 bits per heavy atom. The molecule has 0 bridgehead atoms. The molecule has 1 heterocycles. The first kappa shape index (κ1) is 20.3. The van der Waals surface area contributed by atoms with Gasteiger partial charge in [0, 0.05) is 16.3 Å². The van der Waals surface area contributed by atoms with E-state index in [0.717, 1.165) is 33.1 Å². The number of benzene rings is 5. The van der Waals surface area contributed by atoms with Crippen LogP contribution in [0.2, 0.25) is 5.02 Å². The Morgan fingerprint density at radius 2 is 1.31 bits per heavy atom. The van der Waals surface area contributed by atoms with Crippen LogP contribution >= 0.6 is 11.6 Å². The maximum Gasteiger partial charge on any atom is 0.154 e. The molecule has 0 saturated heterocycles. The van der Waals surface area contributed by atoms with E-state index < -0.39 is 5.41 Å². The van der Waals surface area contributed by atoms with Crippen LogP contribution in [0.5, 0.6) is 0 Å². The standard InChI is InChI=1S/C33H21ClO/c1-2-33(22-10-4-3-5-11-22)28-16-7-6-12-24(28)25-19-18-21(20-29(25)33)23-13-8-14-26-27-15-9-17-30(34)32(27)35-31(23)26/h2-20H,1H2. The average Bonchev–Trinajstić information content (AvgIpc) is 3.44. The zero-order valence-electron chi connectivity index (χ0n) is 19.0. The lowest BCUT2D eigenvalue weighted by molar-refractivity contribution is 0.670. The van der Waals surface area contributed by atoms with Crippen LogP contribution in [0.25, 0.3) is 44.2 Å². The van der Waals surface area contributed by atoms with Crippen molar-refractivity contribution in [3.8, 4) is 22.3 Å². The number of hydrogen-bond acceptors (Lipinski definition) is 1. The van der Waals surface area contributed by atoms with Crippen LogP contribution in [0.3, 0.4) is 0 Å². The zero-order chi connectivity index (χ0) is 23.6. The Balaban J connectivity index is 1.53. The number of para-hydroxylation sites is 2. The third kappa shape index (κ3) is 2.70. The second-order valence-electron chi connectivity index (χ2n) is 9.08. The highest BCUT2D eigenvalue weighted by molar-refractivity contribution is 6.36. The summed E-state index contributed by atoms with van der Waals surface area (Å²) in [5.74, 6) is 0. The van der Waals surface area contributed by atoms with Crippen molar-refractivity contribution in [1.29, 1.82) is 0 Å². The minimum Gasteiger partial charge on any atom is -0.454 e. The monoisotopic (exact) mass is 468 g/mol. The largest absolute Gasteiger partial charge is 0.454 e. The molecule has 1 aliphatic rings. The Bertz CT molecular complexity index is 1780. The Morgan fingerprint density at radius 1 is 0.629 bits per heavy atom. The van der Waals surface area contributed by atoms with Gasteiger partial charge in [0.2, 0.25) is 0 Å². The Kier molecular flexibility index (Phi) is 4.33. The predicted molar refractivity (Wildman–Crippen MR) is 146 cm³/mol. The van der Waals surface area contributed by atoms with E-state index in [1.807, 2.05) is 12.1 Å². The van der Waals surface area contributed by atoms with Gasteiger partial charge in [-0.2, -0.15) is 0 Å². The van der Waals surface area contributed by atoms with Crippen molar-refractivity contribution in [3.05, 3.63) is 144 Å². The molecule has 1 atom stereocenters. The van der Waals surface area contributed by atoms with Crippen molar-refractivity contribution in [1.82, 2.24) is 0 Å². The first-order chi connectivity index (χ1) is 17.2. The molecular weight excluding hydrogens is 448 g/mol. The lowest BCUT2D eigenvalue weighted by Gasteiger charge is -2.29. The summed E-state index contributed by atoms with van der Waals surface area (Å²) >= 11 is 6.47. The highest BCUT2D eigenvalue weighted by Crippen LogP contribution is 2.54. The van der Waals surface area contributed by atoms with E-state index in [-0.39, 0.29) is 0 Å². The Hall–Kier alpha value is -4.07. The molecular formula is C33H21ClO. The molecule has 0 N–H and O–H groups in total. The molecule has 0 aliphatic heterocycles. The normalized spacial score (nSPS) is 16.4. The van der Waals surface area contributed by atoms with Crippen LogP contribution in [-0.2, 0) is 5.41 Å². The molecule has 35 heavy (non-hydrogen) atoms. The molecule has 7 rings (SSSR count). The predicted octanol–water partition coefficient (Wildman–Crippen LogP) is 9.41. The molecule has 166 valence electrons. The fourth-order valence-corrected chi connectivity index (χ4v) is 6.06. The fraction of sp³-hybridized carbons (Fsp3) is 0.0303. The van der Waals surface area contributed by atoms with Gasteiger partial charge in [-0.1, -0.05) is 115 Å². The van der Waals surface area contributed by atoms with Crippen LogP contribution in [-0.4, -0.2) is 0 Å². The van der Waals surface area contributed by atoms with Gasteiger partial charge in [0.05, 0.1) is 10.4 Å². The summed E-state index contributed by atoms with van der Waals surface area (Å²) < 4.78 is 6.36. The van der Waals surface area contributed by atoms with E-state index in [1.165, 1.54) is 27.8 Å². The minimum absolute atomic E-state index is 0.422. The van der Waals surface area contributed by atoms with E-state index in [0.29, 0.717) is 5.02 Å². The molecule has 0 spiro atoms. The van der Waals surface area contributed by atoms with Crippen molar-refractivity contribution in [2.75, 3.05) is 0 Å². The summed E-state index contributed by atoms with van der Waals surface area (Å²) in [6, 6.07) is 38.3. The van der Waals surface area contributed by atoms with Gasteiger partial charge in [-0.25, -0.2) is 0 Å². The van der Waals surface area contributed by atoms with E-state index >= 15 is 0 Å². The van der Waals surface area contributed by atoms with Crippen molar-refractivity contribution >= 4 is 33.5 Å². The quantitative estimate of drug-likeness (QED) is 0.236. The smallest absolute Gasteiger partial charge is 0.154 e. The van der Waals surface area contributed by atoms with E-state index in [4.69, 9.17) is 16.0 Å². The molecule has 2 heteroatoms. The summed E-state index contributed by atoms with van der Waals surface area (Å²) in [4.78, 5) is 0. The van der Waals surface area contributed by atoms with Crippen molar-refractivity contribution in [2.24, 2.45) is 0 Å². The van der Waals surface area contributed by atoms with Gasteiger partial charge in [-0.3, -0.25) is 0 Å². The molecule has 1 unspecified atom stereocenters. The molecule has 0 radical (unpaired) electrons.